The second kappa shape index (κ2) is 9.65. The van der Waals surface area contributed by atoms with Crippen molar-refractivity contribution in [2.24, 2.45) is 0 Å². The summed E-state index contributed by atoms with van der Waals surface area (Å²) >= 11 is 1.79. The van der Waals surface area contributed by atoms with E-state index in [0.717, 1.165) is 51.4 Å². The molecule has 1 atom stereocenters. The van der Waals surface area contributed by atoms with Crippen molar-refractivity contribution in [3.05, 3.63) is 57.8 Å². The van der Waals surface area contributed by atoms with E-state index >= 15 is 0 Å². The molecule has 5 nitrogen and oxygen atoms in total. The first-order chi connectivity index (χ1) is 13.8. The van der Waals surface area contributed by atoms with Gasteiger partial charge in [0, 0.05) is 37.1 Å². The van der Waals surface area contributed by atoms with E-state index in [-0.39, 0.29) is 5.91 Å². The zero-order valence-electron chi connectivity index (χ0n) is 16.3. The van der Waals surface area contributed by atoms with Crippen molar-refractivity contribution >= 4 is 17.2 Å². The van der Waals surface area contributed by atoms with Crippen LogP contribution >= 0.6 is 11.3 Å². The lowest BCUT2D eigenvalue weighted by Gasteiger charge is -2.26. The van der Waals surface area contributed by atoms with Crippen LogP contribution in [-0.4, -0.2) is 55.1 Å². The number of nitrogens with one attached hydrogen (secondary N) is 1. The fourth-order valence-corrected chi connectivity index (χ4v) is 4.93. The largest absolute Gasteiger partial charge is 0.379 e. The molecule has 2 aliphatic rings. The van der Waals surface area contributed by atoms with E-state index in [1.165, 1.54) is 16.9 Å². The average molecular weight is 400 g/mol. The highest BCUT2D eigenvalue weighted by Gasteiger charge is 2.28. The van der Waals surface area contributed by atoms with Gasteiger partial charge in [-0.25, -0.2) is 0 Å². The summed E-state index contributed by atoms with van der Waals surface area (Å²) < 4.78 is 5.40. The maximum Gasteiger partial charge on any atom is 0.234 e. The zero-order valence-corrected chi connectivity index (χ0v) is 17.1. The number of morpholine rings is 1. The van der Waals surface area contributed by atoms with Crippen molar-refractivity contribution in [3.8, 4) is 0 Å². The summed E-state index contributed by atoms with van der Waals surface area (Å²) in [6.07, 6.45) is 2.32. The zero-order chi connectivity index (χ0) is 19.2. The van der Waals surface area contributed by atoms with Crippen LogP contribution in [0.15, 0.2) is 41.8 Å². The summed E-state index contributed by atoms with van der Waals surface area (Å²) in [5.41, 5.74) is 2.46. The third-order valence-electron chi connectivity index (χ3n) is 5.60. The number of benzene rings is 1. The summed E-state index contributed by atoms with van der Waals surface area (Å²) in [5, 5.41) is 5.21. The second-order valence-corrected chi connectivity index (χ2v) is 8.60. The molecule has 150 valence electrons. The summed E-state index contributed by atoms with van der Waals surface area (Å²) in [5.74, 6) is 0.112. The number of nitrogens with zero attached hydrogens (tertiary/aromatic N) is 2. The van der Waals surface area contributed by atoms with Gasteiger partial charge in [-0.15, -0.1) is 11.3 Å². The van der Waals surface area contributed by atoms with Crippen LogP contribution in [0.2, 0.25) is 0 Å². The minimum Gasteiger partial charge on any atom is -0.379 e. The molecule has 0 saturated carbocycles. The van der Waals surface area contributed by atoms with E-state index in [2.05, 4.69) is 56.9 Å². The molecule has 1 aromatic heterocycles. The monoisotopic (exact) mass is 399 g/mol. The number of likely N-dealkylation sites (tertiary alicyclic amines) is 1. The molecule has 4 rings (SSSR count). The number of carbonyl (C=O) groups excluding carboxylic acids is 1. The molecule has 1 aromatic carbocycles. The third-order valence-corrected chi connectivity index (χ3v) is 6.58. The molecular weight excluding hydrogens is 370 g/mol. The Morgan fingerprint density at radius 3 is 2.64 bits per heavy atom. The quantitative estimate of drug-likeness (QED) is 0.777. The molecule has 2 aliphatic heterocycles. The van der Waals surface area contributed by atoms with Crippen LogP contribution in [-0.2, 0) is 22.6 Å². The lowest BCUT2D eigenvalue weighted by molar-refractivity contribution is -0.122. The van der Waals surface area contributed by atoms with Gasteiger partial charge in [0.2, 0.25) is 5.91 Å². The molecule has 3 heterocycles. The molecule has 0 spiro atoms. The number of rotatable bonds is 7. The van der Waals surface area contributed by atoms with E-state index in [9.17, 15) is 4.79 Å². The van der Waals surface area contributed by atoms with E-state index < -0.39 is 0 Å². The summed E-state index contributed by atoms with van der Waals surface area (Å²) in [6.45, 7) is 6.71. The molecule has 1 unspecified atom stereocenters. The summed E-state index contributed by atoms with van der Waals surface area (Å²) in [7, 11) is 0. The highest BCUT2D eigenvalue weighted by atomic mass is 32.1. The van der Waals surface area contributed by atoms with Gasteiger partial charge in [0.1, 0.15) is 0 Å². The Hall–Kier alpha value is -1.73. The lowest BCUT2D eigenvalue weighted by Crippen LogP contribution is -2.36. The number of amides is 1. The minimum atomic E-state index is 0.112. The molecule has 0 bridgehead atoms. The molecule has 2 aromatic rings. The molecule has 28 heavy (non-hydrogen) atoms. The van der Waals surface area contributed by atoms with Crippen molar-refractivity contribution in [1.29, 1.82) is 0 Å². The van der Waals surface area contributed by atoms with Crippen molar-refractivity contribution < 1.29 is 9.53 Å². The van der Waals surface area contributed by atoms with Gasteiger partial charge in [-0.1, -0.05) is 30.3 Å². The second-order valence-electron chi connectivity index (χ2n) is 7.63. The molecule has 0 radical (unpaired) electrons. The Bertz CT molecular complexity index is 742. The van der Waals surface area contributed by atoms with Crippen LogP contribution in [0.3, 0.4) is 0 Å². The van der Waals surface area contributed by atoms with Gasteiger partial charge in [0.05, 0.1) is 19.8 Å². The van der Waals surface area contributed by atoms with E-state index in [0.29, 0.717) is 19.1 Å². The van der Waals surface area contributed by atoms with Crippen LogP contribution in [0.25, 0.3) is 0 Å². The first-order valence-electron chi connectivity index (χ1n) is 10.2. The Kier molecular flexibility index (Phi) is 6.75. The van der Waals surface area contributed by atoms with Crippen LogP contribution in [0, 0.1) is 0 Å². The van der Waals surface area contributed by atoms with E-state index in [1.807, 2.05) is 0 Å². The topological polar surface area (TPSA) is 44.8 Å². The summed E-state index contributed by atoms with van der Waals surface area (Å²) in [4.78, 5) is 18.6. The van der Waals surface area contributed by atoms with Crippen LogP contribution in [0.5, 0.6) is 0 Å². The number of carbonyl (C=O) groups is 1. The van der Waals surface area contributed by atoms with Crippen molar-refractivity contribution in [2.45, 2.75) is 32.0 Å². The lowest BCUT2D eigenvalue weighted by atomic mass is 10.1. The predicted molar refractivity (Wildman–Crippen MR) is 112 cm³/mol. The fourth-order valence-electron chi connectivity index (χ4n) is 4.04. The fraction of sp³-hybridized carbons (Fsp3) is 0.500. The van der Waals surface area contributed by atoms with Crippen molar-refractivity contribution in [2.75, 3.05) is 39.4 Å². The van der Waals surface area contributed by atoms with Crippen LogP contribution < -0.4 is 5.32 Å². The smallest absolute Gasteiger partial charge is 0.234 e. The Balaban J connectivity index is 1.23. The van der Waals surface area contributed by atoms with Gasteiger partial charge in [0.15, 0.2) is 0 Å². The number of hydrogen-bond donors (Lipinski definition) is 1. The average Bonchev–Trinajstić information content (AvgIpc) is 3.40. The number of hydrogen-bond acceptors (Lipinski definition) is 5. The van der Waals surface area contributed by atoms with Gasteiger partial charge in [-0.2, -0.15) is 0 Å². The molecule has 6 heteroatoms. The van der Waals surface area contributed by atoms with E-state index in [1.54, 1.807) is 11.3 Å². The highest BCUT2D eigenvalue weighted by Crippen LogP contribution is 2.33. The van der Waals surface area contributed by atoms with Gasteiger partial charge >= 0.3 is 0 Å². The highest BCUT2D eigenvalue weighted by molar-refractivity contribution is 7.10. The molecule has 0 aliphatic carbocycles. The number of ether oxygens (including phenoxy) is 1. The minimum absolute atomic E-state index is 0.112. The van der Waals surface area contributed by atoms with Gasteiger partial charge in [-0.05, 0) is 42.0 Å². The van der Waals surface area contributed by atoms with Crippen molar-refractivity contribution in [3.63, 3.8) is 0 Å². The summed E-state index contributed by atoms with van der Waals surface area (Å²) in [6, 6.07) is 13.3. The van der Waals surface area contributed by atoms with Gasteiger partial charge < -0.3 is 10.1 Å². The Morgan fingerprint density at radius 2 is 1.89 bits per heavy atom. The maximum atomic E-state index is 12.4. The van der Waals surface area contributed by atoms with Gasteiger partial charge in [0.25, 0.3) is 0 Å². The SMILES string of the molecule is O=C(CN1CCCC1c1cccs1)NCc1ccc(CN2CCOCC2)cc1. The van der Waals surface area contributed by atoms with Crippen LogP contribution in [0.1, 0.15) is 34.9 Å². The van der Waals surface area contributed by atoms with E-state index in [4.69, 9.17) is 4.74 Å². The molecule has 2 saturated heterocycles. The first-order valence-corrected chi connectivity index (χ1v) is 11.1. The third kappa shape index (κ3) is 5.20. The normalized spacial score (nSPS) is 21.1. The van der Waals surface area contributed by atoms with Gasteiger partial charge in [-0.3, -0.25) is 14.6 Å². The van der Waals surface area contributed by atoms with Crippen LogP contribution in [0.4, 0.5) is 0 Å². The molecule has 1 N–H and O–H groups in total. The standard InChI is InChI=1S/C22H29N3O2S/c26-22(17-25-9-1-3-20(25)21-4-2-14-28-21)23-15-18-5-7-19(8-6-18)16-24-10-12-27-13-11-24/h2,4-8,14,20H,1,3,9-13,15-17H2,(H,23,26). The maximum absolute atomic E-state index is 12.4. The molecule has 1 amide bonds. The first kappa shape index (κ1) is 19.6. The Labute approximate surface area is 171 Å². The Morgan fingerprint density at radius 1 is 1.11 bits per heavy atom. The molecular formula is C22H29N3O2S. The number of thiophene rings is 1. The molecule has 2 fully saturated rings. The predicted octanol–water partition coefficient (Wildman–Crippen LogP) is 3.03. The van der Waals surface area contributed by atoms with Crippen molar-refractivity contribution in [1.82, 2.24) is 15.1 Å².